The van der Waals surface area contributed by atoms with Gasteiger partial charge in [0.2, 0.25) is 5.91 Å². The van der Waals surface area contributed by atoms with Crippen molar-refractivity contribution < 1.29 is 9.18 Å². The van der Waals surface area contributed by atoms with E-state index in [0.29, 0.717) is 24.1 Å². The standard InChI is InChI=1S/C18H17FN2O/c1-2-13-6-3-4-7-15(13)16-10-9-14(12-17(16)19)21-18(22)8-5-11-20-21/h3-4,6-7,9-12H,2,5,8H2,1H3. The second-order valence-electron chi connectivity index (χ2n) is 5.22. The van der Waals surface area contributed by atoms with E-state index in [1.807, 2.05) is 31.2 Å². The summed E-state index contributed by atoms with van der Waals surface area (Å²) in [5.41, 5.74) is 3.01. The Hall–Kier alpha value is -2.49. The molecule has 0 saturated heterocycles. The molecule has 3 rings (SSSR count). The fraction of sp³-hybridized carbons (Fsp3) is 0.222. The molecule has 1 amide bonds. The van der Waals surface area contributed by atoms with Crippen molar-refractivity contribution in [3.05, 3.63) is 53.8 Å². The van der Waals surface area contributed by atoms with Crippen LogP contribution < -0.4 is 5.01 Å². The summed E-state index contributed by atoms with van der Waals surface area (Å²) in [6.45, 7) is 2.05. The van der Waals surface area contributed by atoms with E-state index in [-0.39, 0.29) is 11.7 Å². The Morgan fingerprint density at radius 1 is 1.18 bits per heavy atom. The zero-order valence-electron chi connectivity index (χ0n) is 12.4. The van der Waals surface area contributed by atoms with Gasteiger partial charge in [0.25, 0.3) is 0 Å². The molecule has 0 saturated carbocycles. The lowest BCUT2D eigenvalue weighted by atomic mass is 9.97. The van der Waals surface area contributed by atoms with Gasteiger partial charge in [0.1, 0.15) is 5.82 Å². The van der Waals surface area contributed by atoms with E-state index in [0.717, 1.165) is 17.5 Å². The van der Waals surface area contributed by atoms with Crippen LogP contribution in [0, 0.1) is 5.82 Å². The van der Waals surface area contributed by atoms with Crippen molar-refractivity contribution in [3.8, 4) is 11.1 Å². The summed E-state index contributed by atoms with van der Waals surface area (Å²) in [4.78, 5) is 11.9. The minimum atomic E-state index is -0.341. The van der Waals surface area contributed by atoms with Crippen molar-refractivity contribution in [2.75, 3.05) is 5.01 Å². The number of aryl methyl sites for hydroxylation is 1. The molecule has 1 aliphatic heterocycles. The van der Waals surface area contributed by atoms with E-state index < -0.39 is 0 Å². The number of halogens is 1. The van der Waals surface area contributed by atoms with Crippen LogP contribution in [-0.4, -0.2) is 12.1 Å². The van der Waals surface area contributed by atoms with Crippen molar-refractivity contribution in [1.82, 2.24) is 0 Å². The first kappa shape index (κ1) is 14.4. The van der Waals surface area contributed by atoms with E-state index in [4.69, 9.17) is 0 Å². The summed E-state index contributed by atoms with van der Waals surface area (Å²) in [5, 5.41) is 5.32. The first-order valence-electron chi connectivity index (χ1n) is 7.44. The van der Waals surface area contributed by atoms with Crippen molar-refractivity contribution in [1.29, 1.82) is 0 Å². The predicted molar refractivity (Wildman–Crippen MR) is 86.4 cm³/mol. The largest absolute Gasteiger partial charge is 0.273 e. The molecule has 1 aliphatic rings. The predicted octanol–water partition coefficient (Wildman–Crippen LogP) is 4.17. The van der Waals surface area contributed by atoms with Crippen LogP contribution in [0.15, 0.2) is 47.6 Å². The third-order valence-corrected chi connectivity index (χ3v) is 3.81. The molecule has 0 unspecified atom stereocenters. The lowest BCUT2D eigenvalue weighted by molar-refractivity contribution is -0.118. The number of hydrogen-bond donors (Lipinski definition) is 0. The SMILES string of the molecule is CCc1ccccc1-c1ccc(N2N=CCCC2=O)cc1F. The summed E-state index contributed by atoms with van der Waals surface area (Å²) >= 11 is 0. The second kappa shape index (κ2) is 6.10. The average Bonchev–Trinajstić information content (AvgIpc) is 2.55. The summed E-state index contributed by atoms with van der Waals surface area (Å²) < 4.78 is 14.5. The summed E-state index contributed by atoms with van der Waals surface area (Å²) in [6, 6.07) is 12.6. The van der Waals surface area contributed by atoms with Gasteiger partial charge in [-0.2, -0.15) is 5.10 Å². The van der Waals surface area contributed by atoms with Crippen LogP contribution in [0.4, 0.5) is 10.1 Å². The van der Waals surface area contributed by atoms with Crippen LogP contribution >= 0.6 is 0 Å². The number of carbonyl (C=O) groups excluding carboxylic acids is 1. The van der Waals surface area contributed by atoms with Crippen LogP contribution in [0.25, 0.3) is 11.1 Å². The van der Waals surface area contributed by atoms with Crippen molar-refractivity contribution >= 4 is 17.8 Å². The van der Waals surface area contributed by atoms with Crippen LogP contribution in [0.5, 0.6) is 0 Å². The highest BCUT2D eigenvalue weighted by Crippen LogP contribution is 2.30. The molecule has 0 fully saturated rings. The van der Waals surface area contributed by atoms with E-state index >= 15 is 0 Å². The highest BCUT2D eigenvalue weighted by molar-refractivity contribution is 5.97. The maximum Gasteiger partial charge on any atom is 0.247 e. The highest BCUT2D eigenvalue weighted by Gasteiger charge is 2.19. The Bertz CT molecular complexity index is 740. The Kier molecular flexibility index (Phi) is 4.00. The average molecular weight is 296 g/mol. The topological polar surface area (TPSA) is 32.7 Å². The smallest absolute Gasteiger partial charge is 0.247 e. The van der Waals surface area contributed by atoms with Crippen LogP contribution in [0.3, 0.4) is 0 Å². The quantitative estimate of drug-likeness (QED) is 0.836. The molecule has 112 valence electrons. The lowest BCUT2D eigenvalue weighted by Crippen LogP contribution is -2.28. The first-order valence-corrected chi connectivity index (χ1v) is 7.44. The van der Waals surface area contributed by atoms with Gasteiger partial charge in [-0.3, -0.25) is 4.79 Å². The van der Waals surface area contributed by atoms with E-state index in [1.165, 1.54) is 11.1 Å². The molecule has 0 atom stereocenters. The Morgan fingerprint density at radius 2 is 2.00 bits per heavy atom. The second-order valence-corrected chi connectivity index (χ2v) is 5.22. The molecular weight excluding hydrogens is 279 g/mol. The molecule has 1 heterocycles. The van der Waals surface area contributed by atoms with Gasteiger partial charge in [-0.15, -0.1) is 0 Å². The lowest BCUT2D eigenvalue weighted by Gasteiger charge is -2.20. The van der Waals surface area contributed by atoms with Crippen molar-refractivity contribution in [2.24, 2.45) is 5.10 Å². The molecule has 0 bridgehead atoms. The number of amides is 1. The van der Waals surface area contributed by atoms with Gasteiger partial charge >= 0.3 is 0 Å². The fourth-order valence-corrected chi connectivity index (χ4v) is 2.65. The fourth-order valence-electron chi connectivity index (χ4n) is 2.65. The minimum absolute atomic E-state index is 0.108. The highest BCUT2D eigenvalue weighted by atomic mass is 19.1. The third-order valence-electron chi connectivity index (χ3n) is 3.81. The number of nitrogens with zero attached hydrogens (tertiary/aromatic N) is 2. The zero-order valence-corrected chi connectivity index (χ0v) is 12.4. The van der Waals surface area contributed by atoms with Gasteiger partial charge in [-0.1, -0.05) is 31.2 Å². The molecular formula is C18H17FN2O. The molecule has 3 nitrogen and oxygen atoms in total. The summed E-state index contributed by atoms with van der Waals surface area (Å²) in [7, 11) is 0. The molecule has 2 aromatic carbocycles. The van der Waals surface area contributed by atoms with Gasteiger partial charge in [0.05, 0.1) is 5.69 Å². The number of rotatable bonds is 3. The Labute approximate surface area is 129 Å². The van der Waals surface area contributed by atoms with Gasteiger partial charge in [-0.25, -0.2) is 9.40 Å². The van der Waals surface area contributed by atoms with E-state index in [9.17, 15) is 9.18 Å². The Balaban J connectivity index is 2.01. The van der Waals surface area contributed by atoms with E-state index in [2.05, 4.69) is 5.10 Å². The van der Waals surface area contributed by atoms with Gasteiger partial charge in [0, 0.05) is 24.3 Å². The number of hydrogen-bond acceptors (Lipinski definition) is 2. The maximum absolute atomic E-state index is 14.5. The summed E-state index contributed by atoms with van der Waals surface area (Å²) in [6.07, 6.45) is 3.57. The maximum atomic E-state index is 14.5. The van der Waals surface area contributed by atoms with Crippen molar-refractivity contribution in [2.45, 2.75) is 26.2 Å². The monoisotopic (exact) mass is 296 g/mol. The van der Waals surface area contributed by atoms with Gasteiger partial charge in [-0.05, 0) is 36.1 Å². The molecule has 0 aliphatic carbocycles. The van der Waals surface area contributed by atoms with Gasteiger partial charge < -0.3 is 0 Å². The normalized spacial score (nSPS) is 14.5. The first-order chi connectivity index (χ1) is 10.7. The van der Waals surface area contributed by atoms with Crippen LogP contribution in [0.1, 0.15) is 25.3 Å². The molecule has 4 heteroatoms. The third kappa shape index (κ3) is 2.64. The number of carbonyl (C=O) groups is 1. The number of benzene rings is 2. The van der Waals surface area contributed by atoms with Crippen molar-refractivity contribution in [3.63, 3.8) is 0 Å². The van der Waals surface area contributed by atoms with Gasteiger partial charge in [0.15, 0.2) is 0 Å². The molecule has 2 aromatic rings. The molecule has 0 spiro atoms. The number of hydrazone groups is 1. The number of anilines is 1. The summed E-state index contributed by atoms with van der Waals surface area (Å²) in [5.74, 6) is -0.449. The van der Waals surface area contributed by atoms with E-state index in [1.54, 1.807) is 18.3 Å². The van der Waals surface area contributed by atoms with Crippen LogP contribution in [-0.2, 0) is 11.2 Å². The molecule has 0 radical (unpaired) electrons. The molecule has 0 aromatic heterocycles. The zero-order chi connectivity index (χ0) is 15.5. The molecule has 22 heavy (non-hydrogen) atoms. The van der Waals surface area contributed by atoms with Crippen LogP contribution in [0.2, 0.25) is 0 Å². The Morgan fingerprint density at radius 3 is 2.73 bits per heavy atom. The molecule has 0 N–H and O–H groups in total. The minimum Gasteiger partial charge on any atom is -0.273 e.